The van der Waals surface area contributed by atoms with E-state index in [1.807, 2.05) is 0 Å². The molecule has 0 atom stereocenters. The largest absolute Gasteiger partial charge is 0.349 e. The van der Waals surface area contributed by atoms with Crippen LogP contribution in [0.3, 0.4) is 0 Å². The van der Waals surface area contributed by atoms with Gasteiger partial charge in [-0.15, -0.1) is 12.4 Å². The molecule has 3 heterocycles. The van der Waals surface area contributed by atoms with Crippen molar-refractivity contribution in [1.29, 1.82) is 0 Å². The molecule has 1 amide bonds. The second kappa shape index (κ2) is 9.88. The van der Waals surface area contributed by atoms with Gasteiger partial charge in [0.1, 0.15) is 10.6 Å². The molecule has 0 radical (unpaired) electrons. The molecule has 154 valence electrons. The number of amides is 1. The summed E-state index contributed by atoms with van der Waals surface area (Å²) in [5.74, 6) is -0.234. The number of aryl methyl sites for hydroxylation is 1. The highest BCUT2D eigenvalue weighted by Crippen LogP contribution is 2.22. The number of carbonyl (C=O) groups is 1. The SMILES string of the molecule is Cl.Cn1cc(S(=O)(=O)N2CCCCC2)cc1C(=O)NCCN1CCNCC1. The van der Waals surface area contributed by atoms with Crippen molar-refractivity contribution in [2.45, 2.75) is 24.2 Å². The molecule has 0 aromatic carbocycles. The molecule has 0 unspecified atom stereocenters. The Bertz CT molecular complexity index is 725. The molecule has 2 aliphatic heterocycles. The smallest absolute Gasteiger partial charge is 0.267 e. The number of carbonyl (C=O) groups excluding carboxylic acids is 1. The molecule has 2 fully saturated rings. The molecule has 3 rings (SSSR count). The summed E-state index contributed by atoms with van der Waals surface area (Å²) in [7, 11) is -1.81. The van der Waals surface area contributed by atoms with Gasteiger partial charge in [0.25, 0.3) is 5.91 Å². The average molecular weight is 420 g/mol. The maximum atomic E-state index is 12.8. The first kappa shape index (κ1) is 22.2. The van der Waals surface area contributed by atoms with Gasteiger partial charge in [-0.05, 0) is 18.9 Å². The van der Waals surface area contributed by atoms with Gasteiger partial charge < -0.3 is 15.2 Å². The van der Waals surface area contributed by atoms with Crippen molar-refractivity contribution in [2.75, 3.05) is 52.4 Å². The van der Waals surface area contributed by atoms with Crippen molar-refractivity contribution in [3.63, 3.8) is 0 Å². The zero-order chi connectivity index (χ0) is 18.6. The minimum Gasteiger partial charge on any atom is -0.349 e. The van der Waals surface area contributed by atoms with Crippen LogP contribution in [0.15, 0.2) is 17.2 Å². The molecule has 0 bridgehead atoms. The molecule has 27 heavy (non-hydrogen) atoms. The Kier molecular flexibility index (Phi) is 8.11. The number of rotatable bonds is 6. The molecule has 1 aromatic heterocycles. The quantitative estimate of drug-likeness (QED) is 0.690. The lowest BCUT2D eigenvalue weighted by molar-refractivity contribution is 0.0939. The molecular formula is C17H30ClN5O3S. The van der Waals surface area contributed by atoms with Crippen LogP contribution in [0, 0.1) is 0 Å². The van der Waals surface area contributed by atoms with Crippen molar-refractivity contribution in [1.82, 2.24) is 24.4 Å². The summed E-state index contributed by atoms with van der Waals surface area (Å²) in [4.78, 5) is 15.0. The first-order chi connectivity index (χ1) is 12.5. The molecule has 0 aliphatic carbocycles. The van der Waals surface area contributed by atoms with Crippen LogP contribution in [0.1, 0.15) is 29.8 Å². The summed E-state index contributed by atoms with van der Waals surface area (Å²) in [5, 5.41) is 6.20. The highest BCUT2D eigenvalue weighted by atomic mass is 35.5. The standard InChI is InChI=1S/C17H29N5O3S.ClH/c1-20-14-15(26(24,25)22-8-3-2-4-9-22)13-16(20)17(23)19-7-12-21-10-5-18-6-11-21;/h13-14,18H,2-12H2,1H3,(H,19,23);1H. The van der Waals surface area contributed by atoms with Crippen LogP contribution in [0.4, 0.5) is 0 Å². The van der Waals surface area contributed by atoms with E-state index in [9.17, 15) is 13.2 Å². The monoisotopic (exact) mass is 419 g/mol. The lowest BCUT2D eigenvalue weighted by atomic mass is 10.2. The van der Waals surface area contributed by atoms with Crippen LogP contribution in [0.5, 0.6) is 0 Å². The summed E-state index contributed by atoms with van der Waals surface area (Å²) in [6.45, 7) is 6.39. The topological polar surface area (TPSA) is 86.7 Å². The number of piperazine rings is 1. The maximum Gasteiger partial charge on any atom is 0.267 e. The first-order valence-electron chi connectivity index (χ1n) is 9.36. The van der Waals surface area contributed by atoms with Gasteiger partial charge >= 0.3 is 0 Å². The Balaban J connectivity index is 0.00000261. The van der Waals surface area contributed by atoms with Crippen molar-refractivity contribution in [3.05, 3.63) is 18.0 Å². The van der Waals surface area contributed by atoms with E-state index >= 15 is 0 Å². The van der Waals surface area contributed by atoms with Crippen LogP contribution in [0.2, 0.25) is 0 Å². The van der Waals surface area contributed by atoms with E-state index in [2.05, 4.69) is 15.5 Å². The van der Waals surface area contributed by atoms with Crippen LogP contribution in [0.25, 0.3) is 0 Å². The van der Waals surface area contributed by atoms with Gasteiger partial charge in [-0.25, -0.2) is 8.42 Å². The van der Waals surface area contributed by atoms with Gasteiger partial charge in [-0.3, -0.25) is 9.69 Å². The third-order valence-electron chi connectivity index (χ3n) is 5.09. The Morgan fingerprint density at radius 1 is 1.15 bits per heavy atom. The maximum absolute atomic E-state index is 12.8. The number of halogens is 1. The second-order valence-corrected chi connectivity index (χ2v) is 8.92. The van der Waals surface area contributed by atoms with E-state index in [1.54, 1.807) is 11.6 Å². The Hall–Kier alpha value is -1.13. The summed E-state index contributed by atoms with van der Waals surface area (Å²) < 4.78 is 28.6. The number of piperidine rings is 1. The van der Waals surface area contributed by atoms with Crippen molar-refractivity contribution >= 4 is 28.3 Å². The summed E-state index contributed by atoms with van der Waals surface area (Å²) in [5.41, 5.74) is 0.376. The molecule has 8 nitrogen and oxygen atoms in total. The van der Waals surface area contributed by atoms with Crippen molar-refractivity contribution < 1.29 is 13.2 Å². The van der Waals surface area contributed by atoms with Gasteiger partial charge in [0.15, 0.2) is 0 Å². The number of hydrogen-bond acceptors (Lipinski definition) is 5. The van der Waals surface area contributed by atoms with Crippen LogP contribution in [-0.2, 0) is 17.1 Å². The molecule has 1 aromatic rings. The zero-order valence-electron chi connectivity index (χ0n) is 15.8. The van der Waals surface area contributed by atoms with Crippen LogP contribution >= 0.6 is 12.4 Å². The van der Waals surface area contributed by atoms with Gasteiger partial charge in [0.2, 0.25) is 10.0 Å². The summed E-state index contributed by atoms with van der Waals surface area (Å²) >= 11 is 0. The normalized spacial score (nSPS) is 19.4. The highest BCUT2D eigenvalue weighted by molar-refractivity contribution is 7.89. The zero-order valence-corrected chi connectivity index (χ0v) is 17.4. The minimum atomic E-state index is -3.52. The predicted molar refractivity (Wildman–Crippen MR) is 107 cm³/mol. The number of nitrogens with zero attached hydrogens (tertiary/aromatic N) is 3. The number of aromatic nitrogens is 1. The Morgan fingerprint density at radius 2 is 1.81 bits per heavy atom. The summed E-state index contributed by atoms with van der Waals surface area (Å²) in [6.07, 6.45) is 4.40. The Labute approximate surface area is 167 Å². The fourth-order valence-electron chi connectivity index (χ4n) is 3.51. The van der Waals surface area contributed by atoms with Gasteiger partial charge in [0.05, 0.1) is 0 Å². The van der Waals surface area contributed by atoms with Crippen molar-refractivity contribution in [3.8, 4) is 0 Å². The number of nitrogens with one attached hydrogen (secondary N) is 2. The lowest BCUT2D eigenvalue weighted by Gasteiger charge is -2.27. The van der Waals surface area contributed by atoms with E-state index in [0.717, 1.165) is 52.0 Å². The first-order valence-corrected chi connectivity index (χ1v) is 10.8. The molecule has 2 saturated heterocycles. The minimum absolute atomic E-state index is 0. The lowest BCUT2D eigenvalue weighted by Crippen LogP contribution is -2.46. The summed E-state index contributed by atoms with van der Waals surface area (Å²) in [6, 6.07) is 1.49. The second-order valence-electron chi connectivity index (χ2n) is 6.98. The molecule has 2 aliphatic rings. The third-order valence-corrected chi connectivity index (χ3v) is 6.95. The highest BCUT2D eigenvalue weighted by Gasteiger charge is 2.28. The predicted octanol–water partition coefficient (Wildman–Crippen LogP) is 0.257. The van der Waals surface area contributed by atoms with E-state index in [0.29, 0.717) is 25.3 Å². The third kappa shape index (κ3) is 5.45. The average Bonchev–Trinajstić information content (AvgIpc) is 3.06. The van der Waals surface area contributed by atoms with E-state index in [4.69, 9.17) is 0 Å². The molecule has 0 saturated carbocycles. The van der Waals surface area contributed by atoms with Crippen LogP contribution < -0.4 is 10.6 Å². The van der Waals surface area contributed by atoms with Crippen LogP contribution in [-0.4, -0.2) is 80.5 Å². The van der Waals surface area contributed by atoms with Gasteiger partial charge in [-0.2, -0.15) is 4.31 Å². The number of sulfonamides is 1. The fourth-order valence-corrected chi connectivity index (χ4v) is 5.10. The number of hydrogen-bond donors (Lipinski definition) is 2. The molecule has 2 N–H and O–H groups in total. The van der Waals surface area contributed by atoms with E-state index in [-0.39, 0.29) is 23.2 Å². The molecule has 10 heteroatoms. The van der Waals surface area contributed by atoms with Gasteiger partial charge in [-0.1, -0.05) is 6.42 Å². The molecular weight excluding hydrogens is 390 g/mol. The van der Waals surface area contributed by atoms with E-state index < -0.39 is 10.0 Å². The molecule has 0 spiro atoms. The van der Waals surface area contributed by atoms with Crippen molar-refractivity contribution in [2.24, 2.45) is 7.05 Å². The van der Waals surface area contributed by atoms with E-state index in [1.165, 1.54) is 16.6 Å². The van der Waals surface area contributed by atoms with Gasteiger partial charge in [0, 0.05) is 65.6 Å². The Morgan fingerprint density at radius 3 is 2.48 bits per heavy atom. The fraction of sp³-hybridized carbons (Fsp3) is 0.706.